The molecule has 1 N–H and O–H groups in total. The molecule has 0 aliphatic carbocycles. The summed E-state index contributed by atoms with van der Waals surface area (Å²) in [6, 6.07) is 17.1. The number of nitrogens with one attached hydrogen (secondary N) is 1. The molecule has 0 radical (unpaired) electrons. The third-order valence-electron chi connectivity index (χ3n) is 4.51. The molecule has 0 unspecified atom stereocenters. The standard InChI is InChI=1S/C19H22N2O3S/c1-15(16-9-4-2-5-10-16)20-19(22)18-13-8-14-21(18)25(23,24)17-11-6-3-7-12-17/h2-7,9-12,15,18H,8,13-14H2,1H3,(H,20,22)/t15-,18-/m0/s1. The van der Waals surface area contributed by atoms with E-state index in [0.29, 0.717) is 19.4 Å². The molecule has 1 fully saturated rings. The van der Waals surface area contributed by atoms with Crippen molar-refractivity contribution in [1.82, 2.24) is 9.62 Å². The van der Waals surface area contributed by atoms with Crippen molar-refractivity contribution >= 4 is 15.9 Å². The van der Waals surface area contributed by atoms with E-state index in [1.807, 2.05) is 37.3 Å². The average molecular weight is 358 g/mol. The molecule has 132 valence electrons. The van der Waals surface area contributed by atoms with E-state index in [-0.39, 0.29) is 16.8 Å². The van der Waals surface area contributed by atoms with Crippen LogP contribution in [0.2, 0.25) is 0 Å². The van der Waals surface area contributed by atoms with Crippen LogP contribution in [-0.2, 0) is 14.8 Å². The van der Waals surface area contributed by atoms with Crippen LogP contribution in [0.5, 0.6) is 0 Å². The fourth-order valence-electron chi connectivity index (χ4n) is 3.15. The summed E-state index contributed by atoms with van der Waals surface area (Å²) < 4.78 is 27.0. The Morgan fingerprint density at radius 1 is 1.08 bits per heavy atom. The summed E-state index contributed by atoms with van der Waals surface area (Å²) in [6.45, 7) is 2.27. The Morgan fingerprint density at radius 3 is 2.32 bits per heavy atom. The molecule has 25 heavy (non-hydrogen) atoms. The zero-order valence-electron chi connectivity index (χ0n) is 14.1. The smallest absolute Gasteiger partial charge is 0.243 e. The van der Waals surface area contributed by atoms with Gasteiger partial charge in [0, 0.05) is 6.54 Å². The van der Waals surface area contributed by atoms with E-state index in [4.69, 9.17) is 0 Å². The Hall–Kier alpha value is -2.18. The number of benzene rings is 2. The van der Waals surface area contributed by atoms with Crippen molar-refractivity contribution in [1.29, 1.82) is 0 Å². The fourth-order valence-corrected chi connectivity index (χ4v) is 4.83. The lowest BCUT2D eigenvalue weighted by molar-refractivity contribution is -0.124. The van der Waals surface area contributed by atoms with E-state index in [0.717, 1.165) is 5.56 Å². The number of hydrogen-bond donors (Lipinski definition) is 1. The number of carbonyl (C=O) groups excluding carboxylic acids is 1. The zero-order valence-corrected chi connectivity index (χ0v) is 14.9. The maximum atomic E-state index is 12.9. The molecule has 0 saturated carbocycles. The Morgan fingerprint density at radius 2 is 1.68 bits per heavy atom. The van der Waals surface area contributed by atoms with Crippen LogP contribution in [0.15, 0.2) is 65.6 Å². The van der Waals surface area contributed by atoms with Crippen LogP contribution in [0.25, 0.3) is 0 Å². The number of hydrogen-bond acceptors (Lipinski definition) is 3. The average Bonchev–Trinajstić information content (AvgIpc) is 3.14. The molecule has 2 aromatic carbocycles. The first kappa shape index (κ1) is 17.6. The van der Waals surface area contributed by atoms with E-state index in [1.165, 1.54) is 4.31 Å². The summed E-state index contributed by atoms with van der Waals surface area (Å²) in [5.41, 5.74) is 0.992. The summed E-state index contributed by atoms with van der Waals surface area (Å²) in [7, 11) is -3.66. The Bertz CT molecular complexity index is 822. The van der Waals surface area contributed by atoms with E-state index >= 15 is 0 Å². The van der Waals surface area contributed by atoms with Gasteiger partial charge in [0.1, 0.15) is 6.04 Å². The van der Waals surface area contributed by atoms with Gasteiger partial charge in [-0.2, -0.15) is 4.31 Å². The second kappa shape index (κ2) is 7.37. The van der Waals surface area contributed by atoms with E-state index < -0.39 is 16.1 Å². The summed E-state index contributed by atoms with van der Waals surface area (Å²) in [5, 5.41) is 2.95. The van der Waals surface area contributed by atoms with E-state index in [2.05, 4.69) is 5.32 Å². The molecule has 0 spiro atoms. The summed E-state index contributed by atoms with van der Waals surface area (Å²) in [4.78, 5) is 12.9. The number of amides is 1. The Labute approximate surface area is 148 Å². The van der Waals surface area contributed by atoms with Crippen LogP contribution < -0.4 is 5.32 Å². The van der Waals surface area contributed by atoms with Gasteiger partial charge in [0.2, 0.25) is 15.9 Å². The summed E-state index contributed by atoms with van der Waals surface area (Å²) >= 11 is 0. The first-order valence-electron chi connectivity index (χ1n) is 8.42. The lowest BCUT2D eigenvalue weighted by Gasteiger charge is -2.25. The predicted octanol–water partition coefficient (Wildman–Crippen LogP) is 2.72. The third-order valence-corrected chi connectivity index (χ3v) is 6.44. The van der Waals surface area contributed by atoms with E-state index in [1.54, 1.807) is 30.3 Å². The van der Waals surface area contributed by atoms with Gasteiger partial charge in [-0.15, -0.1) is 0 Å². The van der Waals surface area contributed by atoms with Crippen molar-refractivity contribution in [3.63, 3.8) is 0 Å². The summed E-state index contributed by atoms with van der Waals surface area (Å²) in [6.07, 6.45) is 1.23. The van der Waals surface area contributed by atoms with Crippen molar-refractivity contribution in [2.75, 3.05) is 6.54 Å². The molecule has 2 atom stereocenters. The van der Waals surface area contributed by atoms with Crippen molar-refractivity contribution in [2.24, 2.45) is 0 Å². The molecule has 1 saturated heterocycles. The Kier molecular flexibility index (Phi) is 5.20. The minimum absolute atomic E-state index is 0.171. The number of rotatable bonds is 5. The van der Waals surface area contributed by atoms with Crippen LogP contribution >= 0.6 is 0 Å². The van der Waals surface area contributed by atoms with E-state index in [9.17, 15) is 13.2 Å². The highest BCUT2D eigenvalue weighted by molar-refractivity contribution is 7.89. The molecule has 1 aliphatic rings. The van der Waals surface area contributed by atoms with Gasteiger partial charge in [-0.3, -0.25) is 4.79 Å². The van der Waals surface area contributed by atoms with Gasteiger partial charge in [-0.25, -0.2) is 8.42 Å². The lowest BCUT2D eigenvalue weighted by Crippen LogP contribution is -2.46. The van der Waals surface area contributed by atoms with Crippen LogP contribution in [0.4, 0.5) is 0 Å². The number of carbonyl (C=O) groups is 1. The number of sulfonamides is 1. The van der Waals surface area contributed by atoms with Crippen molar-refractivity contribution in [3.8, 4) is 0 Å². The largest absolute Gasteiger partial charge is 0.348 e. The highest BCUT2D eigenvalue weighted by Crippen LogP contribution is 2.26. The minimum Gasteiger partial charge on any atom is -0.348 e. The molecular formula is C19H22N2O3S. The highest BCUT2D eigenvalue weighted by atomic mass is 32.2. The van der Waals surface area contributed by atoms with Gasteiger partial charge >= 0.3 is 0 Å². The van der Waals surface area contributed by atoms with Crippen molar-refractivity contribution < 1.29 is 13.2 Å². The first-order chi connectivity index (χ1) is 12.0. The molecule has 5 nitrogen and oxygen atoms in total. The van der Waals surface area contributed by atoms with Crippen LogP contribution in [0.3, 0.4) is 0 Å². The highest BCUT2D eigenvalue weighted by Gasteiger charge is 2.39. The van der Waals surface area contributed by atoms with Crippen molar-refractivity contribution in [3.05, 3.63) is 66.2 Å². The zero-order chi connectivity index (χ0) is 17.9. The second-order valence-electron chi connectivity index (χ2n) is 6.23. The van der Waals surface area contributed by atoms with Crippen LogP contribution in [-0.4, -0.2) is 31.2 Å². The maximum absolute atomic E-state index is 12.9. The quantitative estimate of drug-likeness (QED) is 0.894. The molecule has 0 aromatic heterocycles. The van der Waals surface area contributed by atoms with Gasteiger partial charge in [-0.05, 0) is 37.5 Å². The van der Waals surface area contributed by atoms with Gasteiger partial charge in [0.25, 0.3) is 0 Å². The van der Waals surface area contributed by atoms with Crippen LogP contribution in [0, 0.1) is 0 Å². The van der Waals surface area contributed by atoms with Gasteiger partial charge in [0.05, 0.1) is 10.9 Å². The summed E-state index contributed by atoms with van der Waals surface area (Å²) in [5.74, 6) is -0.242. The fraction of sp³-hybridized carbons (Fsp3) is 0.316. The topological polar surface area (TPSA) is 66.5 Å². The predicted molar refractivity (Wildman–Crippen MR) is 96.4 cm³/mol. The molecule has 6 heteroatoms. The van der Waals surface area contributed by atoms with Gasteiger partial charge in [0.15, 0.2) is 0 Å². The lowest BCUT2D eigenvalue weighted by atomic mass is 10.1. The molecule has 1 heterocycles. The van der Waals surface area contributed by atoms with Crippen LogP contribution in [0.1, 0.15) is 31.4 Å². The van der Waals surface area contributed by atoms with Gasteiger partial charge in [-0.1, -0.05) is 48.5 Å². The molecule has 0 bridgehead atoms. The molecule has 3 rings (SSSR count). The molecular weight excluding hydrogens is 336 g/mol. The molecule has 1 amide bonds. The Balaban J connectivity index is 1.76. The number of nitrogens with zero attached hydrogens (tertiary/aromatic N) is 1. The van der Waals surface area contributed by atoms with Crippen molar-refractivity contribution in [2.45, 2.75) is 36.7 Å². The molecule has 1 aliphatic heterocycles. The third kappa shape index (κ3) is 3.75. The monoisotopic (exact) mass is 358 g/mol. The maximum Gasteiger partial charge on any atom is 0.243 e. The van der Waals surface area contributed by atoms with Gasteiger partial charge < -0.3 is 5.32 Å². The SMILES string of the molecule is C[C@H](NC(=O)[C@@H]1CCCN1S(=O)(=O)c1ccccc1)c1ccccc1. The normalized spacial score (nSPS) is 19.5. The molecule has 2 aromatic rings. The minimum atomic E-state index is -3.66. The first-order valence-corrected chi connectivity index (χ1v) is 9.86. The second-order valence-corrected chi connectivity index (χ2v) is 8.12.